The Morgan fingerprint density at radius 2 is 2.32 bits per heavy atom. The molecule has 1 heterocycles. The molecule has 6 nitrogen and oxygen atoms in total. The molecule has 0 radical (unpaired) electrons. The van der Waals surface area contributed by atoms with Gasteiger partial charge in [0.25, 0.3) is 5.69 Å². The number of nitro groups is 1. The highest BCUT2D eigenvalue weighted by Gasteiger charge is 2.20. The second-order valence-electron chi connectivity index (χ2n) is 4.93. The van der Waals surface area contributed by atoms with Crippen molar-refractivity contribution in [2.24, 2.45) is 0 Å². The van der Waals surface area contributed by atoms with Gasteiger partial charge in [0.2, 0.25) is 0 Å². The Balaban J connectivity index is 1.90. The second kappa shape index (κ2) is 5.88. The zero-order valence-corrected chi connectivity index (χ0v) is 11.0. The van der Waals surface area contributed by atoms with Gasteiger partial charge >= 0.3 is 0 Å². The summed E-state index contributed by atoms with van der Waals surface area (Å²) in [5.41, 5.74) is 5.94. The van der Waals surface area contributed by atoms with E-state index in [1.807, 2.05) is 0 Å². The number of benzene rings is 1. The van der Waals surface area contributed by atoms with E-state index < -0.39 is 4.92 Å². The lowest BCUT2D eigenvalue weighted by molar-refractivity contribution is -0.384. The van der Waals surface area contributed by atoms with Gasteiger partial charge in [0.1, 0.15) is 5.75 Å². The third-order valence-corrected chi connectivity index (χ3v) is 3.52. The molecule has 0 aromatic heterocycles. The second-order valence-corrected chi connectivity index (χ2v) is 4.93. The SMILES string of the molecule is CN1CCCC1CCOc1cc(N)cc([N+](=O)[O-])c1. The normalized spacial score (nSPS) is 19.5. The van der Waals surface area contributed by atoms with Crippen molar-refractivity contribution >= 4 is 11.4 Å². The lowest BCUT2D eigenvalue weighted by Gasteiger charge is -2.19. The number of nitro benzene ring substituents is 1. The van der Waals surface area contributed by atoms with Crippen molar-refractivity contribution in [3.63, 3.8) is 0 Å². The summed E-state index contributed by atoms with van der Waals surface area (Å²) in [5, 5.41) is 10.7. The maximum atomic E-state index is 10.7. The minimum absolute atomic E-state index is 0.0343. The van der Waals surface area contributed by atoms with Crippen LogP contribution in [0.1, 0.15) is 19.3 Å². The average Bonchev–Trinajstić information content (AvgIpc) is 2.74. The summed E-state index contributed by atoms with van der Waals surface area (Å²) in [4.78, 5) is 12.6. The number of non-ortho nitro benzene ring substituents is 1. The molecule has 1 aromatic carbocycles. The number of likely N-dealkylation sites (tertiary alicyclic amines) is 1. The lowest BCUT2D eigenvalue weighted by Crippen LogP contribution is -2.26. The van der Waals surface area contributed by atoms with E-state index in [0.29, 0.717) is 24.1 Å². The van der Waals surface area contributed by atoms with E-state index in [-0.39, 0.29) is 5.69 Å². The number of hydrogen-bond donors (Lipinski definition) is 1. The Morgan fingerprint density at radius 1 is 1.53 bits per heavy atom. The molecular weight excluding hydrogens is 246 g/mol. The molecule has 0 aliphatic carbocycles. The standard InChI is InChI=1S/C13H19N3O3/c1-15-5-2-3-11(15)4-6-19-13-8-10(14)7-12(9-13)16(17)18/h7-9,11H,2-6,14H2,1H3. The fourth-order valence-corrected chi connectivity index (χ4v) is 2.45. The lowest BCUT2D eigenvalue weighted by atomic mass is 10.1. The summed E-state index contributed by atoms with van der Waals surface area (Å²) in [5.74, 6) is 0.465. The minimum Gasteiger partial charge on any atom is -0.493 e. The van der Waals surface area contributed by atoms with Gasteiger partial charge in [0.05, 0.1) is 17.6 Å². The molecule has 2 N–H and O–H groups in total. The van der Waals surface area contributed by atoms with E-state index in [0.717, 1.165) is 13.0 Å². The fraction of sp³-hybridized carbons (Fsp3) is 0.538. The molecule has 1 atom stereocenters. The molecule has 0 bridgehead atoms. The van der Waals surface area contributed by atoms with Crippen molar-refractivity contribution in [3.05, 3.63) is 28.3 Å². The smallest absolute Gasteiger partial charge is 0.275 e. The number of ether oxygens (including phenoxy) is 1. The van der Waals surface area contributed by atoms with Crippen LogP contribution in [0, 0.1) is 10.1 Å². The van der Waals surface area contributed by atoms with Crippen LogP contribution in [0.4, 0.5) is 11.4 Å². The maximum Gasteiger partial charge on any atom is 0.275 e. The monoisotopic (exact) mass is 265 g/mol. The molecule has 1 fully saturated rings. The van der Waals surface area contributed by atoms with Crippen LogP contribution in [-0.4, -0.2) is 36.1 Å². The number of anilines is 1. The summed E-state index contributed by atoms with van der Waals surface area (Å²) in [6, 6.07) is 4.91. The third-order valence-electron chi connectivity index (χ3n) is 3.52. The summed E-state index contributed by atoms with van der Waals surface area (Å²) >= 11 is 0. The minimum atomic E-state index is -0.464. The van der Waals surface area contributed by atoms with E-state index in [1.54, 1.807) is 6.07 Å². The van der Waals surface area contributed by atoms with Crippen LogP contribution in [0.15, 0.2) is 18.2 Å². The molecule has 0 spiro atoms. The summed E-state index contributed by atoms with van der Waals surface area (Å²) in [7, 11) is 2.11. The molecule has 1 aliphatic heterocycles. The number of hydrogen-bond acceptors (Lipinski definition) is 5. The van der Waals surface area contributed by atoms with Crippen molar-refractivity contribution in [3.8, 4) is 5.75 Å². The van der Waals surface area contributed by atoms with Crippen molar-refractivity contribution < 1.29 is 9.66 Å². The van der Waals surface area contributed by atoms with Gasteiger partial charge in [-0.3, -0.25) is 10.1 Å². The highest BCUT2D eigenvalue weighted by atomic mass is 16.6. The highest BCUT2D eigenvalue weighted by Crippen LogP contribution is 2.25. The van der Waals surface area contributed by atoms with Gasteiger partial charge in [-0.2, -0.15) is 0 Å². The summed E-state index contributed by atoms with van der Waals surface area (Å²) in [6.45, 7) is 1.68. The predicted octanol–water partition coefficient (Wildman–Crippen LogP) is 2.04. The van der Waals surface area contributed by atoms with E-state index in [1.165, 1.54) is 25.0 Å². The van der Waals surface area contributed by atoms with Crippen LogP contribution in [0.25, 0.3) is 0 Å². The molecule has 104 valence electrons. The van der Waals surface area contributed by atoms with E-state index in [2.05, 4.69) is 11.9 Å². The van der Waals surface area contributed by atoms with Crippen LogP contribution in [0.2, 0.25) is 0 Å². The Hall–Kier alpha value is -1.82. The molecule has 1 aliphatic rings. The van der Waals surface area contributed by atoms with Crippen molar-refractivity contribution in [2.75, 3.05) is 25.9 Å². The molecule has 0 amide bonds. The summed E-state index contributed by atoms with van der Waals surface area (Å²) in [6.07, 6.45) is 3.35. The predicted molar refractivity (Wildman–Crippen MR) is 73.3 cm³/mol. The maximum absolute atomic E-state index is 10.7. The number of nitrogens with two attached hydrogens (primary N) is 1. The molecule has 0 saturated carbocycles. The Bertz CT molecular complexity index is 464. The van der Waals surface area contributed by atoms with Gasteiger partial charge in [-0.1, -0.05) is 0 Å². The van der Waals surface area contributed by atoms with Gasteiger partial charge in [-0.15, -0.1) is 0 Å². The van der Waals surface area contributed by atoms with Crippen molar-refractivity contribution in [1.29, 1.82) is 0 Å². The van der Waals surface area contributed by atoms with Crippen LogP contribution < -0.4 is 10.5 Å². The summed E-state index contributed by atoms with van der Waals surface area (Å²) < 4.78 is 5.58. The van der Waals surface area contributed by atoms with Crippen LogP contribution in [-0.2, 0) is 0 Å². The van der Waals surface area contributed by atoms with Gasteiger partial charge in [0, 0.05) is 23.9 Å². The van der Waals surface area contributed by atoms with Crippen molar-refractivity contribution in [2.45, 2.75) is 25.3 Å². The first-order valence-electron chi connectivity index (χ1n) is 6.44. The van der Waals surface area contributed by atoms with Crippen molar-refractivity contribution in [1.82, 2.24) is 4.90 Å². The topological polar surface area (TPSA) is 81.6 Å². The molecular formula is C13H19N3O3. The Morgan fingerprint density at radius 3 is 2.95 bits per heavy atom. The van der Waals surface area contributed by atoms with Gasteiger partial charge in [0.15, 0.2) is 0 Å². The molecule has 19 heavy (non-hydrogen) atoms. The zero-order chi connectivity index (χ0) is 13.8. The van der Waals surface area contributed by atoms with Gasteiger partial charge < -0.3 is 15.4 Å². The first-order valence-corrected chi connectivity index (χ1v) is 6.44. The first-order chi connectivity index (χ1) is 9.06. The Labute approximate surface area is 112 Å². The van der Waals surface area contributed by atoms with E-state index in [4.69, 9.17) is 10.5 Å². The molecule has 2 rings (SSSR count). The quantitative estimate of drug-likeness (QED) is 0.500. The van der Waals surface area contributed by atoms with E-state index >= 15 is 0 Å². The fourth-order valence-electron chi connectivity index (χ4n) is 2.45. The number of nitrogens with zero attached hydrogens (tertiary/aromatic N) is 2. The molecule has 6 heteroatoms. The van der Waals surface area contributed by atoms with E-state index in [9.17, 15) is 10.1 Å². The molecule has 1 saturated heterocycles. The van der Waals surface area contributed by atoms with Gasteiger partial charge in [-0.25, -0.2) is 0 Å². The molecule has 1 aromatic rings. The third kappa shape index (κ3) is 3.57. The zero-order valence-electron chi connectivity index (χ0n) is 11.0. The Kier molecular flexibility index (Phi) is 4.21. The largest absolute Gasteiger partial charge is 0.493 e. The van der Waals surface area contributed by atoms with Crippen LogP contribution in [0.5, 0.6) is 5.75 Å². The average molecular weight is 265 g/mol. The van der Waals surface area contributed by atoms with Gasteiger partial charge in [-0.05, 0) is 32.9 Å². The highest BCUT2D eigenvalue weighted by molar-refractivity contribution is 5.53. The molecule has 1 unspecified atom stereocenters. The van der Waals surface area contributed by atoms with Crippen LogP contribution in [0.3, 0.4) is 0 Å². The van der Waals surface area contributed by atoms with Crippen LogP contribution >= 0.6 is 0 Å². The number of rotatable bonds is 5. The number of nitrogen functional groups attached to an aromatic ring is 1. The first kappa shape index (κ1) is 13.6.